The summed E-state index contributed by atoms with van der Waals surface area (Å²) in [5.41, 5.74) is 0.171. The summed E-state index contributed by atoms with van der Waals surface area (Å²) in [4.78, 5) is 21.7. The standard InChI is InChI=1S/C9H7BrClNO3/c1-4(13)12-8-3-7(11)6(10)2-5(8)9(14)15/h2-3H,1H3,(H,12,13)(H,14,15). The van der Waals surface area contributed by atoms with Crippen molar-refractivity contribution in [2.45, 2.75) is 6.92 Å². The van der Waals surface area contributed by atoms with Crippen LogP contribution in [0.4, 0.5) is 5.69 Å². The Morgan fingerprint density at radius 2 is 2.07 bits per heavy atom. The zero-order chi connectivity index (χ0) is 11.6. The number of halogens is 2. The highest BCUT2D eigenvalue weighted by molar-refractivity contribution is 9.10. The molecular formula is C9H7BrClNO3. The van der Waals surface area contributed by atoms with Crippen LogP contribution in [-0.2, 0) is 4.79 Å². The van der Waals surface area contributed by atoms with Gasteiger partial charge in [0.25, 0.3) is 0 Å². The maximum absolute atomic E-state index is 10.9. The van der Waals surface area contributed by atoms with Gasteiger partial charge in [0, 0.05) is 11.4 Å². The Morgan fingerprint density at radius 1 is 1.47 bits per heavy atom. The second-order valence-corrected chi connectivity index (χ2v) is 4.06. The Bertz CT molecular complexity index is 434. The molecular weight excluding hydrogens is 285 g/mol. The number of carbonyl (C=O) groups excluding carboxylic acids is 1. The van der Waals surface area contributed by atoms with Gasteiger partial charge in [0.15, 0.2) is 0 Å². The molecule has 0 aliphatic carbocycles. The highest BCUT2D eigenvalue weighted by atomic mass is 79.9. The van der Waals surface area contributed by atoms with E-state index < -0.39 is 5.97 Å². The van der Waals surface area contributed by atoms with E-state index in [-0.39, 0.29) is 17.2 Å². The lowest BCUT2D eigenvalue weighted by atomic mass is 10.2. The van der Waals surface area contributed by atoms with Crippen molar-refractivity contribution in [3.05, 3.63) is 27.2 Å². The number of carboxylic acids is 1. The van der Waals surface area contributed by atoms with Crippen molar-refractivity contribution in [3.8, 4) is 0 Å². The van der Waals surface area contributed by atoms with Crippen molar-refractivity contribution >= 4 is 45.1 Å². The van der Waals surface area contributed by atoms with E-state index in [1.807, 2.05) is 0 Å². The number of anilines is 1. The molecule has 0 heterocycles. The first-order valence-corrected chi connectivity index (χ1v) is 5.09. The van der Waals surface area contributed by atoms with Crippen LogP contribution in [-0.4, -0.2) is 17.0 Å². The summed E-state index contributed by atoms with van der Waals surface area (Å²) >= 11 is 8.89. The zero-order valence-corrected chi connectivity index (χ0v) is 10.0. The molecule has 0 saturated carbocycles. The minimum absolute atomic E-state index is 0.0125. The molecule has 0 aliphatic rings. The number of hydrogen-bond donors (Lipinski definition) is 2. The summed E-state index contributed by atoms with van der Waals surface area (Å²) < 4.78 is 0.468. The molecule has 6 heteroatoms. The number of hydrogen-bond acceptors (Lipinski definition) is 2. The second-order valence-electron chi connectivity index (χ2n) is 2.80. The normalized spacial score (nSPS) is 9.80. The second kappa shape index (κ2) is 4.63. The molecule has 0 aromatic heterocycles. The van der Waals surface area contributed by atoms with E-state index in [1.165, 1.54) is 19.1 Å². The van der Waals surface area contributed by atoms with E-state index in [1.54, 1.807) is 0 Å². The van der Waals surface area contributed by atoms with Crippen molar-refractivity contribution in [2.75, 3.05) is 5.32 Å². The minimum Gasteiger partial charge on any atom is -0.478 e. The van der Waals surface area contributed by atoms with E-state index in [9.17, 15) is 9.59 Å². The van der Waals surface area contributed by atoms with Crippen LogP contribution in [0.25, 0.3) is 0 Å². The number of carbonyl (C=O) groups is 2. The first-order chi connectivity index (χ1) is 6.91. The van der Waals surface area contributed by atoms with Crippen molar-refractivity contribution in [2.24, 2.45) is 0 Å². The summed E-state index contributed by atoms with van der Waals surface area (Å²) in [5.74, 6) is -1.48. The molecule has 1 aromatic rings. The Kier molecular flexibility index (Phi) is 3.71. The quantitative estimate of drug-likeness (QED) is 0.881. The lowest BCUT2D eigenvalue weighted by molar-refractivity contribution is -0.114. The summed E-state index contributed by atoms with van der Waals surface area (Å²) in [6.07, 6.45) is 0. The van der Waals surface area contributed by atoms with E-state index in [4.69, 9.17) is 16.7 Å². The number of carboxylic acid groups (broad SMARTS) is 1. The average Bonchev–Trinajstić information content (AvgIpc) is 2.09. The van der Waals surface area contributed by atoms with E-state index >= 15 is 0 Å². The van der Waals surface area contributed by atoms with Crippen LogP contribution < -0.4 is 5.32 Å². The van der Waals surface area contributed by atoms with E-state index in [0.29, 0.717) is 9.50 Å². The summed E-state index contributed by atoms with van der Waals surface area (Å²) in [6, 6.07) is 2.73. The van der Waals surface area contributed by atoms with Crippen LogP contribution in [0.2, 0.25) is 5.02 Å². The number of aromatic carboxylic acids is 1. The summed E-state index contributed by atoms with van der Waals surface area (Å²) in [5, 5.41) is 11.6. The molecule has 0 spiro atoms. The lowest BCUT2D eigenvalue weighted by Gasteiger charge is -2.08. The van der Waals surface area contributed by atoms with Crippen LogP contribution in [0, 0.1) is 0 Å². The van der Waals surface area contributed by atoms with Crippen LogP contribution in [0.1, 0.15) is 17.3 Å². The molecule has 0 unspecified atom stereocenters. The maximum atomic E-state index is 10.9. The molecule has 1 rings (SSSR count). The molecule has 0 bridgehead atoms. The Hall–Kier alpha value is -1.07. The van der Waals surface area contributed by atoms with Gasteiger partial charge in [-0.2, -0.15) is 0 Å². The van der Waals surface area contributed by atoms with Crippen molar-refractivity contribution in [1.29, 1.82) is 0 Å². The van der Waals surface area contributed by atoms with Gasteiger partial charge in [0.1, 0.15) is 0 Å². The summed E-state index contributed by atoms with van der Waals surface area (Å²) in [6.45, 7) is 1.29. The number of rotatable bonds is 2. The van der Waals surface area contributed by atoms with Gasteiger partial charge in [-0.15, -0.1) is 0 Å². The molecule has 4 nitrogen and oxygen atoms in total. The minimum atomic E-state index is -1.13. The van der Waals surface area contributed by atoms with Crippen LogP contribution in [0.3, 0.4) is 0 Å². The van der Waals surface area contributed by atoms with Crippen molar-refractivity contribution in [1.82, 2.24) is 0 Å². The van der Waals surface area contributed by atoms with Crippen LogP contribution >= 0.6 is 27.5 Å². The highest BCUT2D eigenvalue weighted by Gasteiger charge is 2.13. The molecule has 0 fully saturated rings. The van der Waals surface area contributed by atoms with Gasteiger partial charge in [0.05, 0.1) is 16.3 Å². The molecule has 1 aromatic carbocycles. The third kappa shape index (κ3) is 2.94. The average molecular weight is 293 g/mol. The third-order valence-corrected chi connectivity index (χ3v) is 2.80. The zero-order valence-electron chi connectivity index (χ0n) is 7.67. The maximum Gasteiger partial charge on any atom is 0.337 e. The van der Waals surface area contributed by atoms with Gasteiger partial charge in [0.2, 0.25) is 5.91 Å². The largest absolute Gasteiger partial charge is 0.478 e. The number of nitrogens with one attached hydrogen (secondary N) is 1. The predicted octanol–water partition coefficient (Wildman–Crippen LogP) is 2.76. The fourth-order valence-electron chi connectivity index (χ4n) is 1.02. The molecule has 0 radical (unpaired) electrons. The van der Waals surface area contributed by atoms with Crippen LogP contribution in [0.5, 0.6) is 0 Å². The van der Waals surface area contributed by atoms with Gasteiger partial charge in [-0.1, -0.05) is 11.6 Å². The molecule has 0 aliphatic heterocycles. The molecule has 0 saturated heterocycles. The van der Waals surface area contributed by atoms with Gasteiger partial charge < -0.3 is 10.4 Å². The predicted molar refractivity (Wildman–Crippen MR) is 60.4 cm³/mol. The van der Waals surface area contributed by atoms with Gasteiger partial charge in [-0.3, -0.25) is 4.79 Å². The number of benzene rings is 1. The molecule has 2 N–H and O–H groups in total. The topological polar surface area (TPSA) is 66.4 Å². The number of amides is 1. The van der Waals surface area contributed by atoms with Crippen molar-refractivity contribution in [3.63, 3.8) is 0 Å². The van der Waals surface area contributed by atoms with E-state index in [2.05, 4.69) is 21.2 Å². The first kappa shape index (κ1) is 12.0. The monoisotopic (exact) mass is 291 g/mol. The first-order valence-electron chi connectivity index (χ1n) is 3.91. The third-order valence-electron chi connectivity index (χ3n) is 1.60. The molecule has 80 valence electrons. The lowest BCUT2D eigenvalue weighted by Crippen LogP contribution is -2.10. The fourth-order valence-corrected chi connectivity index (χ4v) is 1.52. The molecule has 0 atom stereocenters. The van der Waals surface area contributed by atoms with Gasteiger partial charge in [-0.25, -0.2) is 4.79 Å². The van der Waals surface area contributed by atoms with E-state index in [0.717, 1.165) is 0 Å². The van der Waals surface area contributed by atoms with Crippen LogP contribution in [0.15, 0.2) is 16.6 Å². The van der Waals surface area contributed by atoms with Gasteiger partial charge in [-0.05, 0) is 28.1 Å². The highest BCUT2D eigenvalue weighted by Crippen LogP contribution is 2.29. The Morgan fingerprint density at radius 3 is 2.53 bits per heavy atom. The fraction of sp³-hybridized carbons (Fsp3) is 0.111. The molecule has 1 amide bonds. The Labute approximate surface area is 99.4 Å². The smallest absolute Gasteiger partial charge is 0.337 e. The summed E-state index contributed by atoms with van der Waals surface area (Å²) in [7, 11) is 0. The SMILES string of the molecule is CC(=O)Nc1cc(Cl)c(Br)cc1C(=O)O. The Balaban J connectivity index is 3.28. The van der Waals surface area contributed by atoms with Crippen molar-refractivity contribution < 1.29 is 14.7 Å². The van der Waals surface area contributed by atoms with Gasteiger partial charge >= 0.3 is 5.97 Å². The molecule has 15 heavy (non-hydrogen) atoms.